The van der Waals surface area contributed by atoms with E-state index in [0.717, 1.165) is 42.1 Å². The van der Waals surface area contributed by atoms with Crippen LogP contribution in [-0.4, -0.2) is 54.2 Å². The van der Waals surface area contributed by atoms with Gasteiger partial charge in [0.15, 0.2) is 0 Å². The second-order valence-electron chi connectivity index (χ2n) is 9.18. The van der Waals surface area contributed by atoms with Gasteiger partial charge < -0.3 is 19.1 Å². The van der Waals surface area contributed by atoms with Crippen molar-refractivity contribution >= 4 is 5.91 Å². The minimum atomic E-state index is -0.585. The minimum absolute atomic E-state index is 0.0628. The summed E-state index contributed by atoms with van der Waals surface area (Å²) in [6, 6.07) is 17.5. The number of benzene rings is 2. The Balaban J connectivity index is 1.39. The predicted molar refractivity (Wildman–Crippen MR) is 132 cm³/mol. The third kappa shape index (κ3) is 4.86. The first-order valence-corrected chi connectivity index (χ1v) is 12.2. The Morgan fingerprint density at radius 3 is 2.49 bits per heavy atom. The van der Waals surface area contributed by atoms with Crippen LogP contribution in [0.1, 0.15) is 42.9 Å². The molecule has 0 bridgehead atoms. The fourth-order valence-electron chi connectivity index (χ4n) is 5.24. The lowest BCUT2D eigenvalue weighted by atomic mass is 9.72. The summed E-state index contributed by atoms with van der Waals surface area (Å²) in [5, 5.41) is 0. The Bertz CT molecular complexity index is 1130. The van der Waals surface area contributed by atoms with Gasteiger partial charge in [-0.3, -0.25) is 9.78 Å². The van der Waals surface area contributed by atoms with Gasteiger partial charge in [-0.25, -0.2) is 4.98 Å². The van der Waals surface area contributed by atoms with E-state index in [1.807, 2.05) is 59.5 Å². The molecule has 1 aromatic heterocycles. The molecule has 7 nitrogen and oxygen atoms in total. The molecule has 0 radical (unpaired) electrons. The fraction of sp³-hybridized carbons (Fsp3) is 0.393. The van der Waals surface area contributed by atoms with Gasteiger partial charge in [-0.05, 0) is 55.5 Å². The summed E-state index contributed by atoms with van der Waals surface area (Å²) >= 11 is 0. The molecule has 0 spiro atoms. The van der Waals surface area contributed by atoms with E-state index in [2.05, 4.69) is 9.97 Å². The van der Waals surface area contributed by atoms with Gasteiger partial charge >= 0.3 is 0 Å². The summed E-state index contributed by atoms with van der Waals surface area (Å²) in [6.45, 7) is 2.49. The summed E-state index contributed by atoms with van der Waals surface area (Å²) in [5.41, 5.74) is 1.25. The highest BCUT2D eigenvalue weighted by Crippen LogP contribution is 2.40. The number of rotatable bonds is 6. The molecule has 3 aromatic rings. The Labute approximate surface area is 206 Å². The van der Waals surface area contributed by atoms with Crippen LogP contribution < -0.4 is 9.47 Å². The molecule has 7 heteroatoms. The average Bonchev–Trinajstić information content (AvgIpc) is 2.94. The van der Waals surface area contributed by atoms with Crippen molar-refractivity contribution in [3.63, 3.8) is 0 Å². The molecular formula is C28H31N3O4. The first-order valence-electron chi connectivity index (χ1n) is 12.2. The molecule has 2 aliphatic heterocycles. The molecule has 182 valence electrons. The summed E-state index contributed by atoms with van der Waals surface area (Å²) in [4.78, 5) is 25.3. The number of hydrogen-bond acceptors (Lipinski definition) is 6. The van der Waals surface area contributed by atoms with E-state index in [1.54, 1.807) is 19.5 Å². The number of para-hydroxylation sites is 1. The quantitative estimate of drug-likeness (QED) is 0.515. The van der Waals surface area contributed by atoms with E-state index in [4.69, 9.17) is 14.2 Å². The number of nitrogens with zero attached hydrogens (tertiary/aromatic N) is 3. The summed E-state index contributed by atoms with van der Waals surface area (Å²) < 4.78 is 17.1. The van der Waals surface area contributed by atoms with Crippen LogP contribution in [0.2, 0.25) is 0 Å². The van der Waals surface area contributed by atoms with Gasteiger partial charge in [0.25, 0.3) is 0 Å². The molecule has 2 fully saturated rings. The fourth-order valence-corrected chi connectivity index (χ4v) is 5.24. The van der Waals surface area contributed by atoms with Gasteiger partial charge in [-0.1, -0.05) is 30.3 Å². The second-order valence-corrected chi connectivity index (χ2v) is 9.18. The molecule has 1 atom stereocenters. The monoisotopic (exact) mass is 473 g/mol. The van der Waals surface area contributed by atoms with E-state index < -0.39 is 5.41 Å². The Morgan fingerprint density at radius 1 is 1.00 bits per heavy atom. The highest BCUT2D eigenvalue weighted by Gasteiger charge is 2.45. The molecule has 5 rings (SSSR count). The third-order valence-electron chi connectivity index (χ3n) is 7.14. The van der Waals surface area contributed by atoms with Gasteiger partial charge in [0.05, 0.1) is 12.5 Å². The average molecular weight is 474 g/mol. The first kappa shape index (κ1) is 23.3. The van der Waals surface area contributed by atoms with Crippen molar-refractivity contribution < 1.29 is 19.0 Å². The Morgan fingerprint density at radius 2 is 1.74 bits per heavy atom. The largest absolute Gasteiger partial charge is 0.497 e. The molecule has 2 aromatic carbocycles. The number of likely N-dealkylation sites (tertiary alicyclic amines) is 1. The van der Waals surface area contributed by atoms with Crippen LogP contribution in [0.4, 0.5) is 0 Å². The summed E-state index contributed by atoms with van der Waals surface area (Å²) in [7, 11) is 1.65. The lowest BCUT2D eigenvalue weighted by molar-refractivity contribution is -0.142. The highest BCUT2D eigenvalue weighted by atomic mass is 16.5. The summed E-state index contributed by atoms with van der Waals surface area (Å²) in [6.07, 6.45) is 6.54. The van der Waals surface area contributed by atoms with Crippen LogP contribution in [-0.2, 0) is 14.9 Å². The zero-order valence-corrected chi connectivity index (χ0v) is 20.1. The number of methoxy groups -OCH3 is 1. The summed E-state index contributed by atoms with van der Waals surface area (Å²) in [5.74, 6) is 2.25. The van der Waals surface area contributed by atoms with Crippen molar-refractivity contribution in [3.05, 3.63) is 78.2 Å². The van der Waals surface area contributed by atoms with Crippen LogP contribution in [0.25, 0.3) is 0 Å². The van der Waals surface area contributed by atoms with Gasteiger partial charge in [0.1, 0.15) is 17.2 Å². The number of aromatic nitrogens is 2. The molecule has 1 amide bonds. The molecular weight excluding hydrogens is 442 g/mol. The Kier molecular flexibility index (Phi) is 6.95. The van der Waals surface area contributed by atoms with Crippen molar-refractivity contribution in [2.24, 2.45) is 0 Å². The molecule has 0 N–H and O–H groups in total. The topological polar surface area (TPSA) is 73.8 Å². The third-order valence-corrected chi connectivity index (χ3v) is 7.14. The minimum Gasteiger partial charge on any atom is -0.497 e. The number of piperidine rings is 1. The predicted octanol–water partition coefficient (Wildman–Crippen LogP) is 4.73. The van der Waals surface area contributed by atoms with Crippen LogP contribution in [0, 0.1) is 0 Å². The lowest BCUT2D eigenvalue weighted by Gasteiger charge is -2.42. The van der Waals surface area contributed by atoms with Crippen molar-refractivity contribution in [2.75, 3.05) is 33.4 Å². The molecule has 2 aliphatic rings. The molecule has 0 saturated carbocycles. The molecule has 0 unspecified atom stereocenters. The van der Waals surface area contributed by atoms with Crippen molar-refractivity contribution in [2.45, 2.75) is 37.0 Å². The van der Waals surface area contributed by atoms with Crippen molar-refractivity contribution in [1.82, 2.24) is 14.9 Å². The van der Waals surface area contributed by atoms with E-state index >= 15 is 0 Å². The maximum absolute atomic E-state index is 14.2. The van der Waals surface area contributed by atoms with Gasteiger partial charge in [0, 0.05) is 44.6 Å². The van der Waals surface area contributed by atoms with Crippen molar-refractivity contribution in [1.29, 1.82) is 0 Å². The number of ether oxygens (including phenoxy) is 3. The standard InChI is InChI=1S/C28H31N3O4/c1-33-23-11-9-22(10-12-23)28(13-18-34-19-14-28)27(32)31-17-5-6-21(20-31)25-26(30-16-15-29-25)35-24-7-3-2-4-8-24/h2-4,7-12,15-16,21H,5-6,13-14,17-20H2,1H3/t21-/m1/s1. The van der Waals surface area contributed by atoms with Gasteiger partial charge in [-0.15, -0.1) is 0 Å². The van der Waals surface area contributed by atoms with Gasteiger partial charge in [0.2, 0.25) is 11.8 Å². The zero-order valence-electron chi connectivity index (χ0n) is 20.1. The Hall–Kier alpha value is -3.45. The van der Waals surface area contributed by atoms with Crippen LogP contribution in [0.5, 0.6) is 17.4 Å². The van der Waals surface area contributed by atoms with E-state index in [-0.39, 0.29) is 11.8 Å². The smallest absolute Gasteiger partial charge is 0.241 e. The normalized spacial score (nSPS) is 19.7. The van der Waals surface area contributed by atoms with Crippen LogP contribution >= 0.6 is 0 Å². The van der Waals surface area contributed by atoms with Crippen molar-refractivity contribution in [3.8, 4) is 17.4 Å². The first-order chi connectivity index (χ1) is 17.2. The maximum atomic E-state index is 14.2. The van der Waals surface area contributed by atoms with E-state index in [9.17, 15) is 4.79 Å². The van der Waals surface area contributed by atoms with Gasteiger partial charge in [-0.2, -0.15) is 0 Å². The number of amides is 1. The zero-order chi connectivity index (χ0) is 24.1. The van der Waals surface area contributed by atoms with Crippen LogP contribution in [0.3, 0.4) is 0 Å². The molecule has 35 heavy (non-hydrogen) atoms. The molecule has 2 saturated heterocycles. The second kappa shape index (κ2) is 10.4. The van der Waals surface area contributed by atoms with Crippen LogP contribution in [0.15, 0.2) is 67.0 Å². The molecule has 0 aliphatic carbocycles. The number of carbonyl (C=O) groups excluding carboxylic acids is 1. The lowest BCUT2D eigenvalue weighted by Crippen LogP contribution is -2.52. The molecule has 3 heterocycles. The SMILES string of the molecule is COc1ccc(C2(C(=O)N3CCC[C@@H](c4nccnc4Oc4ccccc4)C3)CCOCC2)cc1. The van der Waals surface area contributed by atoms with E-state index in [1.165, 1.54) is 0 Å². The van der Waals surface area contributed by atoms with E-state index in [0.29, 0.717) is 38.5 Å². The number of hydrogen-bond donors (Lipinski definition) is 0. The highest BCUT2D eigenvalue weighted by molar-refractivity contribution is 5.88. The maximum Gasteiger partial charge on any atom is 0.241 e. The number of carbonyl (C=O) groups is 1.